The molecule has 44 heavy (non-hydrogen) atoms. The molecule has 0 aromatic rings. The highest BCUT2D eigenvalue weighted by Gasteiger charge is 2.43. The summed E-state index contributed by atoms with van der Waals surface area (Å²) in [7, 11) is 0. The summed E-state index contributed by atoms with van der Waals surface area (Å²) in [5.74, 6) is -4.18. The second-order valence-electron chi connectivity index (χ2n) is 12.3. The van der Waals surface area contributed by atoms with Crippen molar-refractivity contribution < 1.29 is 38.5 Å². The van der Waals surface area contributed by atoms with E-state index in [1.54, 1.807) is 0 Å². The molecule has 0 radical (unpaired) electrons. The van der Waals surface area contributed by atoms with Crippen LogP contribution in [0.4, 0.5) is 0 Å². The Balaban J connectivity index is 4.73. The van der Waals surface area contributed by atoms with E-state index in [1.165, 1.54) is 44.9 Å². The molecule has 0 aromatic heterocycles. The van der Waals surface area contributed by atoms with Gasteiger partial charge in [0, 0.05) is 25.7 Å². The van der Waals surface area contributed by atoms with E-state index in [2.05, 4.69) is 20.8 Å². The zero-order chi connectivity index (χ0) is 32.7. The number of carbonyl (C=O) groups is 4. The summed E-state index contributed by atoms with van der Waals surface area (Å²) in [5, 5.41) is 8.68. The Morgan fingerprint density at radius 1 is 0.409 bits per heavy atom. The first-order valence-electron chi connectivity index (χ1n) is 18.2. The molecular weight excluding hydrogens is 560 g/mol. The molecule has 8 nitrogen and oxygen atoms in total. The van der Waals surface area contributed by atoms with Crippen LogP contribution in [0.1, 0.15) is 201 Å². The number of aliphatic carboxylic acids is 1. The predicted molar refractivity (Wildman–Crippen MR) is 175 cm³/mol. The van der Waals surface area contributed by atoms with Gasteiger partial charge in [-0.3, -0.25) is 19.2 Å². The number of hydrogen-bond acceptors (Lipinski definition) is 7. The van der Waals surface area contributed by atoms with Crippen LogP contribution in [0.15, 0.2) is 0 Å². The Morgan fingerprint density at radius 3 is 0.977 bits per heavy atom. The van der Waals surface area contributed by atoms with Crippen molar-refractivity contribution in [2.24, 2.45) is 0 Å². The third kappa shape index (κ3) is 26.3. The highest BCUT2D eigenvalue weighted by Crippen LogP contribution is 2.28. The van der Waals surface area contributed by atoms with Crippen LogP contribution in [-0.2, 0) is 33.4 Å². The summed E-state index contributed by atoms with van der Waals surface area (Å²) < 4.78 is 17.2. The largest absolute Gasteiger partial charge is 0.481 e. The zero-order valence-electron chi connectivity index (χ0n) is 28.6. The van der Waals surface area contributed by atoms with Crippen molar-refractivity contribution in [3.8, 4) is 0 Å². The fourth-order valence-corrected chi connectivity index (χ4v) is 5.19. The Labute approximate surface area is 268 Å². The highest BCUT2D eigenvalue weighted by molar-refractivity contribution is 5.74. The minimum Gasteiger partial charge on any atom is -0.481 e. The molecule has 1 N–H and O–H groups in total. The molecule has 0 bridgehead atoms. The van der Waals surface area contributed by atoms with Crippen LogP contribution in [0.5, 0.6) is 0 Å². The lowest BCUT2D eigenvalue weighted by molar-refractivity contribution is -0.333. The van der Waals surface area contributed by atoms with Gasteiger partial charge < -0.3 is 19.3 Å². The van der Waals surface area contributed by atoms with Crippen LogP contribution in [0.2, 0.25) is 0 Å². The summed E-state index contributed by atoms with van der Waals surface area (Å²) in [6.45, 7) is 6.18. The van der Waals surface area contributed by atoms with Crippen LogP contribution < -0.4 is 0 Å². The van der Waals surface area contributed by atoms with Gasteiger partial charge in [-0.2, -0.15) is 0 Å². The van der Waals surface area contributed by atoms with Gasteiger partial charge in [0.2, 0.25) is 0 Å². The number of unbranched alkanes of at least 4 members (excludes halogenated alkanes) is 19. The molecule has 8 heteroatoms. The van der Waals surface area contributed by atoms with Gasteiger partial charge in [-0.15, -0.1) is 0 Å². The summed E-state index contributed by atoms with van der Waals surface area (Å²) in [4.78, 5) is 48.9. The van der Waals surface area contributed by atoms with Crippen molar-refractivity contribution in [3.63, 3.8) is 0 Å². The molecule has 0 aliphatic rings. The summed E-state index contributed by atoms with van der Waals surface area (Å²) in [6.07, 6.45) is 23.7. The average molecular weight is 627 g/mol. The number of rotatable bonds is 32. The number of ether oxygens (including phenoxy) is 3. The van der Waals surface area contributed by atoms with Crippen molar-refractivity contribution in [1.82, 2.24) is 0 Å². The van der Waals surface area contributed by atoms with E-state index in [-0.39, 0.29) is 32.1 Å². The monoisotopic (exact) mass is 626 g/mol. The minimum atomic E-state index is -1.98. The van der Waals surface area contributed by atoms with Gasteiger partial charge in [-0.25, -0.2) is 0 Å². The maximum Gasteiger partial charge on any atom is 0.423 e. The molecule has 0 aromatic carbocycles. The molecule has 0 aliphatic heterocycles. The van der Waals surface area contributed by atoms with Crippen molar-refractivity contribution in [1.29, 1.82) is 0 Å². The van der Waals surface area contributed by atoms with Crippen molar-refractivity contribution in [2.45, 2.75) is 207 Å². The normalized spacial score (nSPS) is 11.3. The van der Waals surface area contributed by atoms with Crippen LogP contribution in [0.25, 0.3) is 0 Å². The average Bonchev–Trinajstić information content (AvgIpc) is 2.97. The van der Waals surface area contributed by atoms with Crippen LogP contribution >= 0.6 is 0 Å². The second kappa shape index (κ2) is 29.6. The molecule has 0 amide bonds. The van der Waals surface area contributed by atoms with Gasteiger partial charge in [0.05, 0.1) is 6.42 Å². The summed E-state index contributed by atoms with van der Waals surface area (Å²) >= 11 is 0. The van der Waals surface area contributed by atoms with Gasteiger partial charge in [0.1, 0.15) is 0 Å². The third-order valence-corrected chi connectivity index (χ3v) is 7.88. The van der Waals surface area contributed by atoms with Gasteiger partial charge in [0.15, 0.2) is 0 Å². The Kier molecular flexibility index (Phi) is 28.2. The van der Waals surface area contributed by atoms with Gasteiger partial charge >= 0.3 is 29.9 Å². The van der Waals surface area contributed by atoms with E-state index >= 15 is 0 Å². The molecule has 0 aliphatic carbocycles. The molecule has 0 unspecified atom stereocenters. The SMILES string of the molecule is CCCCCC(=O)OC(CCCCCCCCCCCCCCCCC(=O)O)(OC(=O)CCCCC)OC(=O)CCCCC. The lowest BCUT2D eigenvalue weighted by Crippen LogP contribution is -2.44. The Hall–Kier alpha value is -2.12. The number of carbonyl (C=O) groups excluding carboxylic acids is 3. The molecule has 0 rings (SSSR count). The van der Waals surface area contributed by atoms with Crippen LogP contribution in [0, 0.1) is 0 Å². The van der Waals surface area contributed by atoms with Crippen molar-refractivity contribution >= 4 is 23.9 Å². The molecule has 0 spiro atoms. The van der Waals surface area contributed by atoms with E-state index in [0.717, 1.165) is 77.0 Å². The lowest BCUT2D eigenvalue weighted by atomic mass is 10.0. The molecular formula is C36H66O8. The van der Waals surface area contributed by atoms with Crippen molar-refractivity contribution in [2.75, 3.05) is 0 Å². The molecule has 0 fully saturated rings. The van der Waals surface area contributed by atoms with Gasteiger partial charge in [-0.1, -0.05) is 136 Å². The van der Waals surface area contributed by atoms with E-state index in [9.17, 15) is 19.2 Å². The Bertz CT molecular complexity index is 676. The summed E-state index contributed by atoms with van der Waals surface area (Å²) in [6, 6.07) is 0. The fourth-order valence-electron chi connectivity index (χ4n) is 5.19. The van der Waals surface area contributed by atoms with Crippen LogP contribution in [0.3, 0.4) is 0 Å². The van der Waals surface area contributed by atoms with Gasteiger partial charge in [-0.05, 0) is 32.1 Å². The maximum absolute atomic E-state index is 12.8. The van der Waals surface area contributed by atoms with Crippen LogP contribution in [-0.4, -0.2) is 35.0 Å². The van der Waals surface area contributed by atoms with E-state index in [0.29, 0.717) is 25.7 Å². The number of esters is 3. The molecule has 0 saturated carbocycles. The van der Waals surface area contributed by atoms with E-state index in [1.807, 2.05) is 0 Å². The number of carboxylic acid groups (broad SMARTS) is 1. The highest BCUT2D eigenvalue weighted by atomic mass is 16.9. The quantitative estimate of drug-likeness (QED) is 0.0445. The van der Waals surface area contributed by atoms with Gasteiger partial charge in [0.25, 0.3) is 0 Å². The topological polar surface area (TPSA) is 116 Å². The summed E-state index contributed by atoms with van der Waals surface area (Å²) in [5.41, 5.74) is 0. The van der Waals surface area contributed by atoms with Crippen molar-refractivity contribution in [3.05, 3.63) is 0 Å². The number of hydrogen-bond donors (Lipinski definition) is 1. The lowest BCUT2D eigenvalue weighted by Gasteiger charge is -2.31. The predicted octanol–water partition coefficient (Wildman–Crippen LogP) is 10.3. The van der Waals surface area contributed by atoms with E-state index in [4.69, 9.17) is 19.3 Å². The zero-order valence-corrected chi connectivity index (χ0v) is 28.6. The first-order valence-corrected chi connectivity index (χ1v) is 18.2. The Morgan fingerprint density at radius 2 is 0.682 bits per heavy atom. The van der Waals surface area contributed by atoms with E-state index < -0.39 is 29.9 Å². The smallest absolute Gasteiger partial charge is 0.423 e. The first kappa shape index (κ1) is 41.9. The number of carboxylic acids is 1. The molecule has 0 heterocycles. The first-order chi connectivity index (χ1) is 21.3. The molecule has 0 saturated heterocycles. The second-order valence-corrected chi connectivity index (χ2v) is 12.3. The fraction of sp³-hybridized carbons (Fsp3) is 0.889. The molecule has 0 atom stereocenters. The minimum absolute atomic E-state index is 0.155. The third-order valence-electron chi connectivity index (χ3n) is 7.88. The standard InChI is InChI=1S/C36H66O8/c1-4-7-22-28-33(39)42-36(43-34(40)29-23-8-5-2,44-35(41)30-24-9-6-3)31-26-21-19-17-15-13-11-10-12-14-16-18-20-25-27-32(37)38/h4-31H2,1-3H3,(H,37,38). The maximum atomic E-state index is 12.8. The molecule has 258 valence electrons.